The maximum Gasteiger partial charge on any atom is 0.229 e. The third-order valence-electron chi connectivity index (χ3n) is 8.41. The number of hydrogen-bond acceptors (Lipinski definition) is 6. The van der Waals surface area contributed by atoms with Gasteiger partial charge in [0.25, 0.3) is 0 Å². The molecule has 9 heteroatoms. The molecule has 2 saturated heterocycles. The van der Waals surface area contributed by atoms with Crippen LogP contribution in [0.25, 0.3) is 10.8 Å². The molecule has 4 atom stereocenters. The van der Waals surface area contributed by atoms with Crippen molar-refractivity contribution in [2.24, 2.45) is 18.9 Å². The van der Waals surface area contributed by atoms with Crippen LogP contribution in [0.1, 0.15) is 31.7 Å². The van der Waals surface area contributed by atoms with Crippen LogP contribution in [0.3, 0.4) is 0 Å². The van der Waals surface area contributed by atoms with Gasteiger partial charge in [-0.05, 0) is 48.4 Å². The number of nitrogens with zero attached hydrogens (tertiary/aromatic N) is 5. The van der Waals surface area contributed by atoms with Gasteiger partial charge in [0.2, 0.25) is 5.91 Å². The highest BCUT2D eigenvalue weighted by atomic mass is 35.5. The minimum Gasteiger partial charge on any atom is -0.379 e. The molecule has 8 nitrogen and oxygen atoms in total. The van der Waals surface area contributed by atoms with Crippen LogP contribution in [0.4, 0.5) is 11.5 Å². The van der Waals surface area contributed by atoms with Crippen molar-refractivity contribution in [1.29, 1.82) is 0 Å². The standard InChI is InChI=1S/C27H33ClN6O2/c1-17-24(20-14-30-32(3)15-20)25(17)26(35)31-23-12-18-11-22(21(28)10-19(18)13-29-23)33-5-7-34(8-6-33)27(2)4-9-36-16-27/h10-15,17,24-25H,4-9,16H2,1-3H3,(H,29,31,35)/t17-,24+,25-,27?/m1/s1. The largest absolute Gasteiger partial charge is 0.379 e. The van der Waals surface area contributed by atoms with Crippen molar-refractivity contribution in [3.63, 3.8) is 0 Å². The summed E-state index contributed by atoms with van der Waals surface area (Å²) < 4.78 is 7.45. The number of carbonyl (C=O) groups excluding carboxylic acids is 1. The first-order valence-corrected chi connectivity index (χ1v) is 13.2. The lowest BCUT2D eigenvalue weighted by molar-refractivity contribution is -0.117. The summed E-state index contributed by atoms with van der Waals surface area (Å²) in [5.41, 5.74) is 2.30. The highest BCUT2D eigenvalue weighted by molar-refractivity contribution is 6.34. The number of pyridine rings is 1. The molecule has 3 aliphatic rings. The van der Waals surface area contributed by atoms with Crippen LogP contribution < -0.4 is 10.2 Å². The van der Waals surface area contributed by atoms with Crippen molar-refractivity contribution < 1.29 is 9.53 Å². The Hall–Kier alpha value is -2.68. The molecule has 3 fully saturated rings. The van der Waals surface area contributed by atoms with Crippen LogP contribution in [0.2, 0.25) is 5.02 Å². The number of nitrogens with one attached hydrogen (secondary N) is 1. The molecule has 6 rings (SSSR count). The van der Waals surface area contributed by atoms with Gasteiger partial charge in [0, 0.05) is 75.0 Å². The first kappa shape index (κ1) is 23.7. The summed E-state index contributed by atoms with van der Waals surface area (Å²) in [5, 5.41) is 10.0. The number of anilines is 2. The Morgan fingerprint density at radius 2 is 1.97 bits per heavy atom. The summed E-state index contributed by atoms with van der Waals surface area (Å²) in [5.74, 6) is 1.02. The number of halogens is 1. The third kappa shape index (κ3) is 4.25. The second-order valence-electron chi connectivity index (χ2n) is 10.8. The van der Waals surface area contributed by atoms with Gasteiger partial charge in [0.15, 0.2) is 0 Å². The summed E-state index contributed by atoms with van der Waals surface area (Å²) in [6.07, 6.45) is 6.73. The Morgan fingerprint density at radius 3 is 2.67 bits per heavy atom. The predicted octanol–water partition coefficient (Wildman–Crippen LogP) is 3.91. The Bertz CT molecular complexity index is 1290. The topological polar surface area (TPSA) is 75.5 Å². The van der Waals surface area contributed by atoms with E-state index in [1.807, 2.05) is 31.6 Å². The zero-order valence-corrected chi connectivity index (χ0v) is 21.8. The number of benzene rings is 1. The zero-order chi connectivity index (χ0) is 25.0. The van der Waals surface area contributed by atoms with Crippen molar-refractivity contribution in [2.45, 2.75) is 31.7 Å². The number of ether oxygens (including phenoxy) is 1. The summed E-state index contributed by atoms with van der Waals surface area (Å²) >= 11 is 6.71. The predicted molar refractivity (Wildman–Crippen MR) is 142 cm³/mol. The lowest BCUT2D eigenvalue weighted by Crippen LogP contribution is -2.56. The van der Waals surface area contributed by atoms with Gasteiger partial charge in [-0.2, -0.15) is 5.10 Å². The Kier molecular flexibility index (Phi) is 5.93. The molecule has 190 valence electrons. The molecule has 0 spiro atoms. The third-order valence-corrected chi connectivity index (χ3v) is 8.71. The average Bonchev–Trinajstić information content (AvgIpc) is 3.15. The first-order valence-electron chi connectivity index (χ1n) is 12.8. The van der Waals surface area contributed by atoms with Gasteiger partial charge < -0.3 is 15.0 Å². The number of aryl methyl sites for hydroxylation is 1. The number of rotatable bonds is 5. The van der Waals surface area contributed by atoms with E-state index in [1.54, 1.807) is 10.9 Å². The van der Waals surface area contributed by atoms with E-state index in [9.17, 15) is 4.79 Å². The molecule has 1 unspecified atom stereocenters. The Morgan fingerprint density at radius 1 is 1.17 bits per heavy atom. The van der Waals surface area contributed by atoms with Gasteiger partial charge in [-0.3, -0.25) is 14.4 Å². The van der Waals surface area contributed by atoms with E-state index in [0.29, 0.717) is 5.82 Å². The summed E-state index contributed by atoms with van der Waals surface area (Å²) in [7, 11) is 1.90. The number of hydrogen-bond donors (Lipinski definition) is 1. The van der Waals surface area contributed by atoms with E-state index in [-0.39, 0.29) is 29.2 Å². The van der Waals surface area contributed by atoms with E-state index >= 15 is 0 Å². The highest BCUT2D eigenvalue weighted by Crippen LogP contribution is 2.54. The van der Waals surface area contributed by atoms with Crippen LogP contribution in [0.15, 0.2) is 36.8 Å². The fourth-order valence-electron chi connectivity index (χ4n) is 6.05. The molecule has 3 aromatic rings. The van der Waals surface area contributed by atoms with Gasteiger partial charge in [-0.1, -0.05) is 18.5 Å². The molecule has 0 radical (unpaired) electrons. The number of piperazine rings is 1. The quantitative estimate of drug-likeness (QED) is 0.563. The lowest BCUT2D eigenvalue weighted by Gasteiger charge is -2.44. The Balaban J connectivity index is 1.16. The maximum absolute atomic E-state index is 13.0. The lowest BCUT2D eigenvalue weighted by atomic mass is 9.98. The SMILES string of the molecule is C[C@H]1[C@@H](C(=O)Nc2cc3cc(N4CCN(C5(C)CCOC5)CC4)c(Cl)cc3cn2)[C@@H]1c1cnn(C)c1. The normalized spacial score (nSPS) is 28.6. The highest BCUT2D eigenvalue weighted by Gasteiger charge is 2.53. The van der Waals surface area contributed by atoms with Crippen molar-refractivity contribution in [2.75, 3.05) is 49.6 Å². The molecule has 0 bridgehead atoms. The van der Waals surface area contributed by atoms with E-state index in [2.05, 4.69) is 45.1 Å². The van der Waals surface area contributed by atoms with Crippen molar-refractivity contribution in [3.05, 3.63) is 47.4 Å². The van der Waals surface area contributed by atoms with Crippen LogP contribution in [0, 0.1) is 11.8 Å². The molecular weight excluding hydrogens is 476 g/mol. The van der Waals surface area contributed by atoms with E-state index in [0.717, 1.165) is 72.9 Å². The molecule has 4 heterocycles. The second-order valence-corrected chi connectivity index (χ2v) is 11.2. The van der Waals surface area contributed by atoms with Gasteiger partial charge in [0.05, 0.1) is 23.5 Å². The fraction of sp³-hybridized carbons (Fsp3) is 0.519. The maximum atomic E-state index is 13.0. The summed E-state index contributed by atoms with van der Waals surface area (Å²) in [4.78, 5) is 22.4. The van der Waals surface area contributed by atoms with Gasteiger partial charge >= 0.3 is 0 Å². The minimum absolute atomic E-state index is 0.0119. The van der Waals surface area contributed by atoms with Crippen LogP contribution >= 0.6 is 11.6 Å². The summed E-state index contributed by atoms with van der Waals surface area (Å²) in [6.45, 7) is 9.91. The van der Waals surface area contributed by atoms with Gasteiger partial charge in [-0.15, -0.1) is 0 Å². The Labute approximate surface area is 216 Å². The monoisotopic (exact) mass is 508 g/mol. The van der Waals surface area contributed by atoms with Gasteiger partial charge in [0.1, 0.15) is 5.82 Å². The molecule has 2 aliphatic heterocycles. The molecule has 1 aromatic carbocycles. The molecule has 1 saturated carbocycles. The average molecular weight is 509 g/mol. The van der Waals surface area contributed by atoms with Crippen LogP contribution in [0.5, 0.6) is 0 Å². The van der Waals surface area contributed by atoms with E-state index < -0.39 is 0 Å². The van der Waals surface area contributed by atoms with Crippen molar-refractivity contribution in [1.82, 2.24) is 19.7 Å². The minimum atomic E-state index is -0.0594. The second kappa shape index (κ2) is 9.01. The zero-order valence-electron chi connectivity index (χ0n) is 21.1. The van der Waals surface area contributed by atoms with E-state index in [4.69, 9.17) is 16.3 Å². The molecule has 1 N–H and O–H groups in total. The fourth-order valence-corrected chi connectivity index (χ4v) is 6.35. The molecule has 36 heavy (non-hydrogen) atoms. The molecule has 1 amide bonds. The molecular formula is C27H33ClN6O2. The number of carbonyl (C=O) groups is 1. The molecule has 1 aliphatic carbocycles. The van der Waals surface area contributed by atoms with Crippen molar-refractivity contribution in [3.8, 4) is 0 Å². The number of amides is 1. The van der Waals surface area contributed by atoms with Gasteiger partial charge in [-0.25, -0.2) is 4.98 Å². The molecule has 2 aromatic heterocycles. The number of aromatic nitrogens is 3. The van der Waals surface area contributed by atoms with E-state index in [1.165, 1.54) is 0 Å². The van der Waals surface area contributed by atoms with Crippen molar-refractivity contribution >= 4 is 39.8 Å². The van der Waals surface area contributed by atoms with Crippen LogP contribution in [-0.4, -0.2) is 70.5 Å². The first-order chi connectivity index (χ1) is 17.3. The summed E-state index contributed by atoms with van der Waals surface area (Å²) in [6, 6.07) is 6.06. The van der Waals surface area contributed by atoms with Crippen LogP contribution in [-0.2, 0) is 16.6 Å². The smallest absolute Gasteiger partial charge is 0.229 e. The number of fused-ring (bicyclic) bond motifs is 1.